The predicted octanol–water partition coefficient (Wildman–Crippen LogP) is 0.0249. The molecule has 0 bridgehead atoms. The van der Waals surface area contributed by atoms with Crippen LogP contribution in [0, 0.1) is 0 Å². The monoisotopic (exact) mass is 235 g/mol. The molecule has 0 rings (SSSR count). The van der Waals surface area contributed by atoms with Crippen molar-refractivity contribution in [2.45, 2.75) is 26.0 Å². The van der Waals surface area contributed by atoms with E-state index in [0.717, 1.165) is 6.61 Å². The second-order valence-electron chi connectivity index (χ2n) is 3.52. The summed E-state index contributed by atoms with van der Waals surface area (Å²) in [6, 6.07) is -0.0246. The van der Waals surface area contributed by atoms with Gasteiger partial charge in [-0.2, -0.15) is 0 Å². The minimum Gasteiger partial charge on any atom is -0.392 e. The smallest absolute Gasteiger partial charge is 0.0701 e. The highest BCUT2D eigenvalue weighted by atomic mass is 16.5. The van der Waals surface area contributed by atoms with E-state index in [0.29, 0.717) is 33.0 Å². The molecule has 0 radical (unpaired) electrons. The lowest BCUT2D eigenvalue weighted by Gasteiger charge is -2.18. The average molecular weight is 235 g/mol. The first-order valence-corrected chi connectivity index (χ1v) is 5.80. The van der Waals surface area contributed by atoms with Crippen molar-refractivity contribution in [3.05, 3.63) is 0 Å². The van der Waals surface area contributed by atoms with Crippen molar-refractivity contribution in [3.63, 3.8) is 0 Å². The van der Waals surface area contributed by atoms with Crippen LogP contribution in [0.5, 0.6) is 0 Å². The van der Waals surface area contributed by atoms with Gasteiger partial charge in [-0.25, -0.2) is 0 Å². The summed E-state index contributed by atoms with van der Waals surface area (Å²) < 4.78 is 15.8. The number of ether oxygens (including phenoxy) is 3. The highest BCUT2D eigenvalue weighted by molar-refractivity contribution is 4.69. The minimum absolute atomic E-state index is 0.0246. The average Bonchev–Trinajstić information content (AvgIpc) is 2.26. The van der Waals surface area contributed by atoms with E-state index in [2.05, 4.69) is 5.32 Å². The zero-order chi connectivity index (χ0) is 12.2. The van der Waals surface area contributed by atoms with Crippen molar-refractivity contribution in [2.75, 3.05) is 46.7 Å². The summed E-state index contributed by atoms with van der Waals surface area (Å²) in [6.45, 7) is 7.23. The molecule has 98 valence electrons. The molecule has 2 N–H and O–H groups in total. The van der Waals surface area contributed by atoms with Crippen LogP contribution in [0.4, 0.5) is 0 Å². The Morgan fingerprint density at radius 2 is 1.62 bits per heavy atom. The summed E-state index contributed by atoms with van der Waals surface area (Å²) in [5.74, 6) is 0. The molecule has 0 saturated carbocycles. The molecule has 5 heteroatoms. The second-order valence-corrected chi connectivity index (χ2v) is 3.52. The first-order chi connectivity index (χ1) is 7.72. The molecule has 0 aromatic rings. The van der Waals surface area contributed by atoms with Crippen LogP contribution in [0.15, 0.2) is 0 Å². The molecule has 0 aliphatic heterocycles. The van der Waals surface area contributed by atoms with Crippen LogP contribution in [0.1, 0.15) is 13.8 Å². The molecule has 0 spiro atoms. The van der Waals surface area contributed by atoms with Gasteiger partial charge in [0.2, 0.25) is 0 Å². The van der Waals surface area contributed by atoms with E-state index in [9.17, 15) is 5.11 Å². The van der Waals surface area contributed by atoms with Gasteiger partial charge in [-0.1, -0.05) is 0 Å². The Morgan fingerprint density at radius 1 is 1.06 bits per heavy atom. The number of hydrogen-bond acceptors (Lipinski definition) is 5. The molecule has 16 heavy (non-hydrogen) atoms. The van der Waals surface area contributed by atoms with Gasteiger partial charge in [0, 0.05) is 6.61 Å². The third-order valence-corrected chi connectivity index (χ3v) is 2.20. The predicted molar refractivity (Wildman–Crippen MR) is 62.7 cm³/mol. The summed E-state index contributed by atoms with van der Waals surface area (Å²) in [4.78, 5) is 0. The first-order valence-electron chi connectivity index (χ1n) is 5.80. The fourth-order valence-electron chi connectivity index (χ4n) is 1.16. The lowest BCUT2D eigenvalue weighted by molar-refractivity contribution is 0.00271. The molecule has 0 heterocycles. The molecule has 0 aromatic carbocycles. The van der Waals surface area contributed by atoms with Gasteiger partial charge in [0.25, 0.3) is 0 Å². The molecule has 0 aromatic heterocycles. The maximum Gasteiger partial charge on any atom is 0.0701 e. The van der Waals surface area contributed by atoms with E-state index in [1.54, 1.807) is 14.0 Å². The van der Waals surface area contributed by atoms with Crippen molar-refractivity contribution in [3.8, 4) is 0 Å². The van der Waals surface area contributed by atoms with Crippen LogP contribution in [-0.2, 0) is 14.2 Å². The lowest BCUT2D eigenvalue weighted by atomic mass is 10.2. The van der Waals surface area contributed by atoms with Gasteiger partial charge in [0.1, 0.15) is 0 Å². The Hall–Kier alpha value is -0.200. The largest absolute Gasteiger partial charge is 0.392 e. The standard InChI is InChI=1S/C11H25NO4/c1-4-14-5-6-15-7-8-16-9-11(12-3)10(2)13/h10-13H,4-9H2,1-3H3/t10?,11-/m0/s1. The Bertz CT molecular complexity index is 144. The lowest BCUT2D eigenvalue weighted by Crippen LogP contribution is -2.40. The summed E-state index contributed by atoms with van der Waals surface area (Å²) in [5, 5.41) is 12.3. The van der Waals surface area contributed by atoms with E-state index in [4.69, 9.17) is 14.2 Å². The second kappa shape index (κ2) is 11.3. The normalized spacial score (nSPS) is 15.0. The SMILES string of the molecule is CCOCCOCCOC[C@H](NC)C(C)O. The van der Waals surface area contributed by atoms with E-state index in [-0.39, 0.29) is 6.04 Å². The number of rotatable bonds is 11. The van der Waals surface area contributed by atoms with Crippen LogP contribution in [0.3, 0.4) is 0 Å². The number of hydrogen-bond donors (Lipinski definition) is 2. The Kier molecular flexibility index (Phi) is 11.1. The van der Waals surface area contributed by atoms with E-state index < -0.39 is 6.10 Å². The zero-order valence-electron chi connectivity index (χ0n) is 10.6. The van der Waals surface area contributed by atoms with Crippen LogP contribution in [0.25, 0.3) is 0 Å². The molecule has 0 saturated heterocycles. The summed E-state index contributed by atoms with van der Waals surface area (Å²) >= 11 is 0. The van der Waals surface area contributed by atoms with Crippen LogP contribution in [0.2, 0.25) is 0 Å². The molecule has 2 atom stereocenters. The van der Waals surface area contributed by atoms with Gasteiger partial charge >= 0.3 is 0 Å². The van der Waals surface area contributed by atoms with Crippen molar-refractivity contribution < 1.29 is 19.3 Å². The van der Waals surface area contributed by atoms with Gasteiger partial charge in [-0.05, 0) is 20.9 Å². The number of aliphatic hydroxyl groups excluding tert-OH is 1. The van der Waals surface area contributed by atoms with Gasteiger partial charge in [-0.3, -0.25) is 0 Å². The van der Waals surface area contributed by atoms with Crippen molar-refractivity contribution in [1.29, 1.82) is 0 Å². The molecular weight excluding hydrogens is 210 g/mol. The van der Waals surface area contributed by atoms with Crippen molar-refractivity contribution >= 4 is 0 Å². The molecule has 0 amide bonds. The summed E-state index contributed by atoms with van der Waals surface area (Å²) in [6.07, 6.45) is -0.413. The van der Waals surface area contributed by atoms with E-state index in [1.165, 1.54) is 0 Å². The molecule has 1 unspecified atom stereocenters. The molecule has 0 fully saturated rings. The van der Waals surface area contributed by atoms with Gasteiger partial charge in [0.15, 0.2) is 0 Å². The third kappa shape index (κ3) is 9.06. The molecule has 0 aliphatic rings. The Labute approximate surface area is 98.1 Å². The van der Waals surface area contributed by atoms with Gasteiger partial charge in [0.05, 0.1) is 45.2 Å². The number of nitrogens with one attached hydrogen (secondary N) is 1. The van der Waals surface area contributed by atoms with Gasteiger partial charge in [-0.15, -0.1) is 0 Å². The summed E-state index contributed by atoms with van der Waals surface area (Å²) in [5.41, 5.74) is 0. The molecule has 0 aliphatic carbocycles. The van der Waals surface area contributed by atoms with Crippen molar-refractivity contribution in [1.82, 2.24) is 5.32 Å². The van der Waals surface area contributed by atoms with Gasteiger partial charge < -0.3 is 24.6 Å². The molecule has 5 nitrogen and oxygen atoms in total. The minimum atomic E-state index is -0.413. The summed E-state index contributed by atoms with van der Waals surface area (Å²) in [7, 11) is 1.80. The fraction of sp³-hybridized carbons (Fsp3) is 1.00. The van der Waals surface area contributed by atoms with E-state index >= 15 is 0 Å². The quantitative estimate of drug-likeness (QED) is 0.495. The number of likely N-dealkylation sites (N-methyl/N-ethyl adjacent to an activating group) is 1. The maximum absolute atomic E-state index is 9.32. The Balaban J connectivity index is 3.19. The van der Waals surface area contributed by atoms with Crippen LogP contribution in [-0.4, -0.2) is 63.9 Å². The maximum atomic E-state index is 9.32. The fourth-order valence-corrected chi connectivity index (χ4v) is 1.16. The topological polar surface area (TPSA) is 60.0 Å². The number of aliphatic hydroxyl groups is 1. The highest BCUT2D eigenvalue weighted by Gasteiger charge is 2.11. The van der Waals surface area contributed by atoms with Crippen LogP contribution < -0.4 is 5.32 Å². The Morgan fingerprint density at radius 3 is 2.12 bits per heavy atom. The van der Waals surface area contributed by atoms with Crippen molar-refractivity contribution in [2.24, 2.45) is 0 Å². The third-order valence-electron chi connectivity index (χ3n) is 2.20. The zero-order valence-corrected chi connectivity index (χ0v) is 10.6. The first kappa shape index (κ1) is 15.8. The molecular formula is C11H25NO4. The van der Waals surface area contributed by atoms with Crippen LogP contribution >= 0.6 is 0 Å². The highest BCUT2D eigenvalue weighted by Crippen LogP contribution is 1.93. The van der Waals surface area contributed by atoms with E-state index in [1.807, 2.05) is 6.92 Å².